The number of phosphoric ester groups is 1. The van der Waals surface area contributed by atoms with Gasteiger partial charge in [-0.25, -0.2) is 0 Å². The molecule has 0 heterocycles. The number of carbonyl (C=O) groups is 1. The molecule has 0 bridgehead atoms. The van der Waals surface area contributed by atoms with Gasteiger partial charge >= 0.3 is 5.97 Å². The number of likely N-dealkylation sites (N-methyl/N-ethyl adjacent to an activating group) is 1. The van der Waals surface area contributed by atoms with Crippen LogP contribution in [0, 0.1) is 0 Å². The molecule has 0 aliphatic heterocycles. The highest BCUT2D eigenvalue weighted by atomic mass is 31.2. The quantitative estimate of drug-likeness (QED) is 0.0199. The summed E-state index contributed by atoms with van der Waals surface area (Å²) in [4.78, 5) is 25.1. The molecule has 0 fully saturated rings. The Morgan fingerprint density at radius 3 is 1.53 bits per heavy atom. The fraction of sp³-hybridized carbons (Fsp3) is 0.729. The van der Waals surface area contributed by atoms with Crippen LogP contribution in [0.3, 0.4) is 0 Å². The van der Waals surface area contributed by atoms with E-state index in [1.54, 1.807) is 0 Å². The Morgan fingerprint density at radius 2 is 1.02 bits per heavy atom. The van der Waals surface area contributed by atoms with Gasteiger partial charge < -0.3 is 27.9 Å². The number of unbranched alkanes of at least 4 members (excludes halogenated alkanes) is 15. The Bertz CT molecular complexity index is 1140. The van der Waals surface area contributed by atoms with Crippen LogP contribution in [0.4, 0.5) is 0 Å². The minimum absolute atomic E-state index is 0.0117. The molecule has 57 heavy (non-hydrogen) atoms. The fourth-order valence-corrected chi connectivity index (χ4v) is 6.48. The lowest BCUT2D eigenvalue weighted by molar-refractivity contribution is -0.870. The van der Waals surface area contributed by atoms with Crippen LogP contribution >= 0.6 is 7.82 Å². The van der Waals surface area contributed by atoms with E-state index >= 15 is 0 Å². The number of ether oxygens (including phenoxy) is 2. The van der Waals surface area contributed by atoms with Gasteiger partial charge in [0.05, 0.1) is 34.4 Å². The summed E-state index contributed by atoms with van der Waals surface area (Å²) in [7, 11) is 1.31. The van der Waals surface area contributed by atoms with Crippen molar-refractivity contribution in [2.75, 3.05) is 54.1 Å². The van der Waals surface area contributed by atoms with E-state index in [1.807, 2.05) is 21.1 Å². The highest BCUT2D eigenvalue weighted by Crippen LogP contribution is 2.38. The molecule has 0 spiro atoms. The maximum Gasteiger partial charge on any atom is 0.306 e. The zero-order chi connectivity index (χ0) is 42.0. The van der Waals surface area contributed by atoms with Crippen LogP contribution in [0.25, 0.3) is 0 Å². The summed E-state index contributed by atoms with van der Waals surface area (Å²) in [5.74, 6) is -0.360. The largest absolute Gasteiger partial charge is 0.756 e. The van der Waals surface area contributed by atoms with Crippen molar-refractivity contribution in [3.63, 3.8) is 0 Å². The van der Waals surface area contributed by atoms with Gasteiger partial charge in [-0.3, -0.25) is 9.36 Å². The van der Waals surface area contributed by atoms with Crippen LogP contribution < -0.4 is 4.89 Å². The van der Waals surface area contributed by atoms with Crippen LogP contribution in [0.1, 0.15) is 168 Å². The minimum atomic E-state index is -4.54. The van der Waals surface area contributed by atoms with Gasteiger partial charge in [0.1, 0.15) is 19.3 Å². The van der Waals surface area contributed by atoms with Crippen molar-refractivity contribution >= 4 is 13.8 Å². The van der Waals surface area contributed by atoms with Gasteiger partial charge in [-0.1, -0.05) is 157 Å². The van der Waals surface area contributed by atoms with Gasteiger partial charge in [0.15, 0.2) is 0 Å². The Morgan fingerprint density at radius 1 is 0.561 bits per heavy atom. The van der Waals surface area contributed by atoms with Gasteiger partial charge in [0.2, 0.25) is 0 Å². The summed E-state index contributed by atoms with van der Waals surface area (Å²) in [6.45, 7) is 5.11. The number of allylic oxidation sites excluding steroid dienone is 12. The number of esters is 1. The van der Waals surface area contributed by atoms with E-state index in [0.29, 0.717) is 24.1 Å². The first-order valence-corrected chi connectivity index (χ1v) is 24.1. The topological polar surface area (TPSA) is 94.1 Å². The van der Waals surface area contributed by atoms with E-state index in [2.05, 4.69) is 86.8 Å². The van der Waals surface area contributed by atoms with Crippen LogP contribution in [0.5, 0.6) is 0 Å². The monoisotopic (exact) mass is 820 g/mol. The lowest BCUT2D eigenvalue weighted by Crippen LogP contribution is -2.37. The second kappa shape index (κ2) is 40.7. The van der Waals surface area contributed by atoms with E-state index in [4.69, 9.17) is 18.5 Å². The molecule has 0 saturated heterocycles. The molecular weight excluding hydrogens is 734 g/mol. The standard InChI is InChI=1S/C48H86NO7P/c1-6-8-10-12-14-16-18-20-22-23-24-25-26-27-28-29-31-33-35-37-39-41-48(50)56-47(46-55-57(51,52)54-44-42-49(3,4)5)45-53-43-40-38-36-34-32-30-21-19-17-15-13-11-9-7-2/h9,11,15,17-18,20-21,23-24,30,34,36,47H,6-8,10,12-14,16,19,22,25-29,31-33,35,37-46H2,1-5H3/b11-9-,17-15-,20-18-,24-23-,30-21-,36-34-. The van der Waals surface area contributed by atoms with Gasteiger partial charge in [-0.05, 0) is 77.0 Å². The molecule has 0 aromatic rings. The summed E-state index contributed by atoms with van der Waals surface area (Å²) in [5, 5.41) is 0. The number of quaternary nitrogens is 1. The molecule has 0 aliphatic carbocycles. The van der Waals surface area contributed by atoms with E-state index < -0.39 is 13.9 Å². The molecule has 2 unspecified atom stereocenters. The smallest absolute Gasteiger partial charge is 0.306 e. The van der Waals surface area contributed by atoms with Gasteiger partial charge in [-0.15, -0.1) is 0 Å². The number of hydrogen-bond donors (Lipinski definition) is 0. The molecular formula is C48H86NO7P. The Kier molecular flexibility index (Phi) is 39.2. The summed E-state index contributed by atoms with van der Waals surface area (Å²) >= 11 is 0. The van der Waals surface area contributed by atoms with Gasteiger partial charge in [-0.2, -0.15) is 0 Å². The summed E-state index contributed by atoms with van der Waals surface area (Å²) in [6.07, 6.45) is 52.2. The average Bonchev–Trinajstić information content (AvgIpc) is 3.16. The summed E-state index contributed by atoms with van der Waals surface area (Å²) < 4.78 is 34.5. The fourth-order valence-electron chi connectivity index (χ4n) is 5.76. The average molecular weight is 820 g/mol. The number of nitrogens with zero attached hydrogens (tertiary/aromatic N) is 1. The van der Waals surface area contributed by atoms with E-state index in [0.717, 1.165) is 64.2 Å². The zero-order valence-corrected chi connectivity index (χ0v) is 38.2. The zero-order valence-electron chi connectivity index (χ0n) is 37.3. The molecule has 0 aliphatic rings. The van der Waals surface area contributed by atoms with E-state index in [1.165, 1.54) is 83.5 Å². The highest BCUT2D eigenvalue weighted by molar-refractivity contribution is 7.45. The molecule has 0 rings (SSSR count). The third kappa shape index (κ3) is 44.9. The Labute approximate surface area is 351 Å². The lowest BCUT2D eigenvalue weighted by Gasteiger charge is -2.28. The SMILES string of the molecule is CC/C=C\C/C=C\C/C=C\C/C=C\CCCOCC(COP(=O)([O-])OCC[N+](C)(C)C)OC(=O)CCCCCCCCCCC/C=C\C/C=C\CCCCCCC. The number of phosphoric acid groups is 1. The van der Waals surface area contributed by atoms with Crippen molar-refractivity contribution in [3.8, 4) is 0 Å². The first-order chi connectivity index (χ1) is 27.6. The molecule has 0 radical (unpaired) electrons. The van der Waals surface area contributed by atoms with Crippen LogP contribution in [0.15, 0.2) is 72.9 Å². The maximum absolute atomic E-state index is 12.7. The second-order valence-electron chi connectivity index (χ2n) is 16.0. The number of hydrogen-bond acceptors (Lipinski definition) is 7. The number of rotatable bonds is 41. The number of carbonyl (C=O) groups excluding carboxylic acids is 1. The summed E-state index contributed by atoms with van der Waals surface area (Å²) in [6, 6.07) is 0. The van der Waals surface area contributed by atoms with Crippen molar-refractivity contribution in [1.82, 2.24) is 0 Å². The molecule has 2 atom stereocenters. The molecule has 9 heteroatoms. The van der Waals surface area contributed by atoms with Crippen molar-refractivity contribution < 1.29 is 37.3 Å². The molecule has 0 aromatic heterocycles. The Hall–Kier alpha value is -2.06. The van der Waals surface area contributed by atoms with Crippen LogP contribution in [-0.2, 0) is 27.9 Å². The van der Waals surface area contributed by atoms with Gasteiger partial charge in [0, 0.05) is 13.0 Å². The first-order valence-electron chi connectivity index (χ1n) is 22.7. The highest BCUT2D eigenvalue weighted by Gasteiger charge is 2.20. The van der Waals surface area contributed by atoms with E-state index in [-0.39, 0.29) is 25.8 Å². The van der Waals surface area contributed by atoms with Crippen molar-refractivity contribution in [2.24, 2.45) is 0 Å². The maximum atomic E-state index is 12.7. The third-order valence-corrected chi connectivity index (χ3v) is 10.2. The predicted molar refractivity (Wildman–Crippen MR) is 240 cm³/mol. The predicted octanol–water partition coefficient (Wildman–Crippen LogP) is 12.9. The normalized spacial score (nSPS) is 14.4. The second-order valence-corrected chi connectivity index (χ2v) is 17.4. The first kappa shape index (κ1) is 54.9. The van der Waals surface area contributed by atoms with Crippen LogP contribution in [-0.4, -0.2) is 70.7 Å². The van der Waals surface area contributed by atoms with Gasteiger partial charge in [0.25, 0.3) is 7.82 Å². The molecule has 0 aromatic carbocycles. The van der Waals surface area contributed by atoms with Crippen molar-refractivity contribution in [2.45, 2.75) is 174 Å². The molecule has 8 nitrogen and oxygen atoms in total. The summed E-state index contributed by atoms with van der Waals surface area (Å²) in [5.41, 5.74) is 0. The van der Waals surface area contributed by atoms with E-state index in [9.17, 15) is 14.3 Å². The molecule has 330 valence electrons. The van der Waals surface area contributed by atoms with Crippen molar-refractivity contribution in [1.29, 1.82) is 0 Å². The minimum Gasteiger partial charge on any atom is -0.756 e. The third-order valence-electron chi connectivity index (χ3n) is 9.24. The lowest BCUT2D eigenvalue weighted by atomic mass is 10.1. The molecule has 0 amide bonds. The Balaban J connectivity index is 4.27. The van der Waals surface area contributed by atoms with Crippen LogP contribution in [0.2, 0.25) is 0 Å². The molecule has 0 N–H and O–H groups in total. The van der Waals surface area contributed by atoms with Crippen molar-refractivity contribution in [3.05, 3.63) is 72.9 Å². The molecule has 0 saturated carbocycles.